The first-order valence-electron chi connectivity index (χ1n) is 10.5. The standard InChI is InChI=1S/C28H29NO2/c1-4-5-6-7-22(2)16-17-30-27-14-10-24(11-15-27)21-31-28-18-26(19-29-20-28)25-12-8-23(3)9-13-25/h4-15,18-20H,1,16-17,21H2,2-3H3/b6-5-,22-7+. The Kier molecular flexibility index (Phi) is 8.24. The molecule has 0 N–H and O–H groups in total. The fourth-order valence-electron chi connectivity index (χ4n) is 2.96. The van der Waals surface area contributed by atoms with Gasteiger partial charge < -0.3 is 9.47 Å². The van der Waals surface area contributed by atoms with Crippen molar-refractivity contribution in [3.05, 3.63) is 115 Å². The predicted molar refractivity (Wildman–Crippen MR) is 128 cm³/mol. The first kappa shape index (κ1) is 22.1. The second-order valence-corrected chi connectivity index (χ2v) is 7.44. The van der Waals surface area contributed by atoms with E-state index < -0.39 is 0 Å². The van der Waals surface area contributed by atoms with Crippen LogP contribution in [0, 0.1) is 6.92 Å². The van der Waals surface area contributed by atoms with Gasteiger partial charge in [0.1, 0.15) is 18.1 Å². The highest BCUT2D eigenvalue weighted by Crippen LogP contribution is 2.24. The smallest absolute Gasteiger partial charge is 0.138 e. The number of rotatable bonds is 10. The molecule has 0 aliphatic carbocycles. The molecule has 3 heteroatoms. The zero-order valence-corrected chi connectivity index (χ0v) is 18.3. The van der Waals surface area contributed by atoms with Crippen LogP contribution in [-0.4, -0.2) is 11.6 Å². The third-order valence-corrected chi connectivity index (χ3v) is 4.82. The minimum Gasteiger partial charge on any atom is -0.493 e. The Labute approximate surface area is 185 Å². The van der Waals surface area contributed by atoms with Gasteiger partial charge in [0.05, 0.1) is 12.8 Å². The number of nitrogens with zero attached hydrogens (tertiary/aromatic N) is 1. The lowest BCUT2D eigenvalue weighted by Gasteiger charge is -2.10. The number of hydrogen-bond donors (Lipinski definition) is 0. The number of pyridine rings is 1. The molecule has 0 aliphatic heterocycles. The van der Waals surface area contributed by atoms with Crippen molar-refractivity contribution >= 4 is 0 Å². The molecule has 0 unspecified atom stereocenters. The minimum absolute atomic E-state index is 0.483. The maximum atomic E-state index is 5.95. The Hall–Kier alpha value is -3.59. The van der Waals surface area contributed by atoms with Gasteiger partial charge in [0, 0.05) is 18.2 Å². The van der Waals surface area contributed by atoms with Crippen LogP contribution in [0.1, 0.15) is 24.5 Å². The van der Waals surface area contributed by atoms with Crippen molar-refractivity contribution in [1.29, 1.82) is 0 Å². The molecule has 3 rings (SSSR count). The number of aromatic nitrogens is 1. The van der Waals surface area contributed by atoms with Crippen LogP contribution >= 0.6 is 0 Å². The lowest BCUT2D eigenvalue weighted by Crippen LogP contribution is -1.99. The summed E-state index contributed by atoms with van der Waals surface area (Å²) in [6.45, 7) is 8.98. The van der Waals surface area contributed by atoms with E-state index in [2.05, 4.69) is 55.8 Å². The van der Waals surface area contributed by atoms with Gasteiger partial charge in [-0.3, -0.25) is 4.98 Å². The van der Waals surface area contributed by atoms with E-state index in [0.717, 1.165) is 34.6 Å². The van der Waals surface area contributed by atoms with Crippen molar-refractivity contribution in [1.82, 2.24) is 4.98 Å². The summed E-state index contributed by atoms with van der Waals surface area (Å²) >= 11 is 0. The SMILES string of the molecule is C=C/C=C\C=C(/C)CCOc1ccc(COc2cncc(-c3ccc(C)cc3)c2)cc1. The van der Waals surface area contributed by atoms with Crippen LogP contribution in [0.3, 0.4) is 0 Å². The quantitative estimate of drug-likeness (QED) is 0.334. The Morgan fingerprint density at radius 3 is 2.42 bits per heavy atom. The maximum Gasteiger partial charge on any atom is 0.138 e. The molecule has 1 aromatic heterocycles. The van der Waals surface area contributed by atoms with Crippen LogP contribution in [0.2, 0.25) is 0 Å². The molecule has 0 bridgehead atoms. The summed E-state index contributed by atoms with van der Waals surface area (Å²) in [5.41, 5.74) is 5.77. The summed E-state index contributed by atoms with van der Waals surface area (Å²) in [6.07, 6.45) is 12.2. The summed E-state index contributed by atoms with van der Waals surface area (Å²) in [5.74, 6) is 1.62. The molecular weight excluding hydrogens is 382 g/mol. The zero-order chi connectivity index (χ0) is 21.9. The summed E-state index contributed by atoms with van der Waals surface area (Å²) < 4.78 is 11.8. The molecule has 0 aliphatic rings. The number of hydrogen-bond acceptors (Lipinski definition) is 3. The Bertz CT molecular complexity index is 1030. The van der Waals surface area contributed by atoms with Crippen molar-refractivity contribution in [3.63, 3.8) is 0 Å². The highest BCUT2D eigenvalue weighted by molar-refractivity contribution is 5.64. The van der Waals surface area contributed by atoms with Gasteiger partial charge >= 0.3 is 0 Å². The number of ether oxygens (including phenoxy) is 2. The molecule has 158 valence electrons. The molecule has 1 heterocycles. The average Bonchev–Trinajstić information content (AvgIpc) is 2.79. The maximum absolute atomic E-state index is 5.95. The monoisotopic (exact) mass is 411 g/mol. The highest BCUT2D eigenvalue weighted by atomic mass is 16.5. The van der Waals surface area contributed by atoms with E-state index in [9.17, 15) is 0 Å². The van der Waals surface area contributed by atoms with Gasteiger partial charge in [0.2, 0.25) is 0 Å². The van der Waals surface area contributed by atoms with Crippen LogP contribution in [0.4, 0.5) is 0 Å². The van der Waals surface area contributed by atoms with Crippen LogP contribution in [0.25, 0.3) is 11.1 Å². The van der Waals surface area contributed by atoms with Crippen molar-refractivity contribution in [2.24, 2.45) is 0 Å². The fourth-order valence-corrected chi connectivity index (χ4v) is 2.96. The summed E-state index contributed by atoms with van der Waals surface area (Å²) in [5, 5.41) is 0. The van der Waals surface area contributed by atoms with Gasteiger partial charge in [-0.05, 0) is 43.2 Å². The van der Waals surface area contributed by atoms with Crippen LogP contribution < -0.4 is 9.47 Å². The second kappa shape index (κ2) is 11.6. The van der Waals surface area contributed by atoms with E-state index in [0.29, 0.717) is 13.2 Å². The van der Waals surface area contributed by atoms with Crippen LogP contribution in [0.15, 0.2) is 103 Å². The van der Waals surface area contributed by atoms with E-state index in [1.165, 1.54) is 11.1 Å². The van der Waals surface area contributed by atoms with E-state index in [-0.39, 0.29) is 0 Å². The van der Waals surface area contributed by atoms with Crippen LogP contribution in [0.5, 0.6) is 11.5 Å². The fraction of sp³-hybridized carbons (Fsp3) is 0.179. The van der Waals surface area contributed by atoms with Gasteiger partial charge in [0.15, 0.2) is 0 Å². The third kappa shape index (κ3) is 7.31. The summed E-state index contributed by atoms with van der Waals surface area (Å²) in [7, 11) is 0. The minimum atomic E-state index is 0.483. The van der Waals surface area contributed by atoms with E-state index in [1.54, 1.807) is 12.3 Å². The van der Waals surface area contributed by atoms with Gasteiger partial charge in [-0.2, -0.15) is 0 Å². The molecule has 2 aromatic carbocycles. The predicted octanol–water partition coefficient (Wildman–Crippen LogP) is 7.09. The second-order valence-electron chi connectivity index (χ2n) is 7.44. The zero-order valence-electron chi connectivity index (χ0n) is 18.3. The van der Waals surface area contributed by atoms with E-state index >= 15 is 0 Å². The van der Waals surface area contributed by atoms with E-state index in [4.69, 9.17) is 9.47 Å². The average molecular weight is 412 g/mol. The van der Waals surface area contributed by atoms with Crippen molar-refractivity contribution < 1.29 is 9.47 Å². The molecule has 0 radical (unpaired) electrons. The Morgan fingerprint density at radius 2 is 1.68 bits per heavy atom. The molecule has 0 saturated carbocycles. The molecule has 3 nitrogen and oxygen atoms in total. The van der Waals surface area contributed by atoms with Crippen molar-refractivity contribution in [2.75, 3.05) is 6.61 Å². The Morgan fingerprint density at radius 1 is 0.903 bits per heavy atom. The number of aryl methyl sites for hydroxylation is 1. The largest absolute Gasteiger partial charge is 0.493 e. The first-order valence-corrected chi connectivity index (χ1v) is 10.5. The van der Waals surface area contributed by atoms with Crippen molar-refractivity contribution in [3.8, 4) is 22.6 Å². The molecular formula is C28H29NO2. The summed E-state index contributed by atoms with van der Waals surface area (Å²) in [4.78, 5) is 4.32. The Balaban J connectivity index is 1.50. The molecule has 0 amide bonds. The molecule has 0 fully saturated rings. The van der Waals surface area contributed by atoms with Crippen molar-refractivity contribution in [2.45, 2.75) is 26.9 Å². The molecule has 0 spiro atoms. The number of allylic oxidation sites excluding steroid dienone is 4. The van der Waals surface area contributed by atoms with Crippen LogP contribution in [-0.2, 0) is 6.61 Å². The lowest BCUT2D eigenvalue weighted by molar-refractivity contribution is 0.303. The molecule has 0 atom stereocenters. The van der Waals surface area contributed by atoms with Gasteiger partial charge in [-0.1, -0.05) is 78.4 Å². The molecule has 3 aromatic rings. The lowest BCUT2D eigenvalue weighted by atomic mass is 10.1. The van der Waals surface area contributed by atoms with Gasteiger partial charge in [0.25, 0.3) is 0 Å². The van der Waals surface area contributed by atoms with Gasteiger partial charge in [-0.25, -0.2) is 0 Å². The molecule has 31 heavy (non-hydrogen) atoms. The highest BCUT2D eigenvalue weighted by Gasteiger charge is 2.03. The topological polar surface area (TPSA) is 31.4 Å². The first-order chi connectivity index (χ1) is 15.1. The number of benzene rings is 2. The third-order valence-electron chi connectivity index (χ3n) is 4.82. The van der Waals surface area contributed by atoms with E-state index in [1.807, 2.05) is 48.7 Å². The van der Waals surface area contributed by atoms with Gasteiger partial charge in [-0.15, -0.1) is 0 Å². The summed E-state index contributed by atoms with van der Waals surface area (Å²) in [6, 6.07) is 18.5. The molecule has 0 saturated heterocycles. The normalized spacial score (nSPS) is 11.5.